The quantitative estimate of drug-likeness (QED) is 0.220. The highest BCUT2D eigenvalue weighted by Crippen LogP contribution is 2.22. The van der Waals surface area contributed by atoms with Crippen LogP contribution >= 0.6 is 0 Å². The maximum Gasteiger partial charge on any atom is 0.246 e. The van der Waals surface area contributed by atoms with E-state index in [4.69, 9.17) is 9.47 Å². The highest BCUT2D eigenvalue weighted by atomic mass is 16.5. The molecule has 0 saturated carbocycles. The van der Waals surface area contributed by atoms with Crippen LogP contribution in [-0.2, 0) is 4.79 Å². The minimum Gasteiger partial charge on any atom is -0.497 e. The van der Waals surface area contributed by atoms with E-state index in [2.05, 4.69) is 42.3 Å². The number of methoxy groups -OCH3 is 2. The van der Waals surface area contributed by atoms with Crippen molar-refractivity contribution in [1.29, 1.82) is 0 Å². The van der Waals surface area contributed by atoms with E-state index in [0.29, 0.717) is 11.9 Å². The SMILES string of the molecule is COc1ccc(Nc2nc(Nc3ccc(OC)cc3)nc(NC(C)C(=O)Nc3cc(C)cc(C)c3)n2)cc1. The van der Waals surface area contributed by atoms with Gasteiger partial charge in [0.25, 0.3) is 0 Å². The second-order valence-corrected chi connectivity index (χ2v) is 8.74. The van der Waals surface area contributed by atoms with Crippen molar-refractivity contribution in [2.24, 2.45) is 0 Å². The van der Waals surface area contributed by atoms with Gasteiger partial charge in [0, 0.05) is 17.1 Å². The molecule has 0 saturated heterocycles. The zero-order chi connectivity index (χ0) is 27.1. The van der Waals surface area contributed by atoms with E-state index < -0.39 is 6.04 Å². The van der Waals surface area contributed by atoms with Crippen molar-refractivity contribution in [3.05, 3.63) is 77.9 Å². The Balaban J connectivity index is 1.55. The Hall–Kier alpha value is -4.86. The minimum atomic E-state index is -0.624. The van der Waals surface area contributed by atoms with E-state index >= 15 is 0 Å². The number of nitrogens with zero attached hydrogens (tertiary/aromatic N) is 3. The first-order valence-corrected chi connectivity index (χ1v) is 12.0. The molecule has 10 heteroatoms. The molecule has 196 valence electrons. The number of benzene rings is 3. The highest BCUT2D eigenvalue weighted by Gasteiger charge is 2.16. The van der Waals surface area contributed by atoms with E-state index in [1.165, 1.54) is 0 Å². The van der Waals surface area contributed by atoms with Crippen LogP contribution in [0, 0.1) is 13.8 Å². The Morgan fingerprint density at radius 2 is 1.13 bits per heavy atom. The molecular formula is C28H31N7O3. The van der Waals surface area contributed by atoms with Crippen molar-refractivity contribution in [3.8, 4) is 11.5 Å². The van der Waals surface area contributed by atoms with Gasteiger partial charge in [0.05, 0.1) is 14.2 Å². The van der Waals surface area contributed by atoms with Gasteiger partial charge >= 0.3 is 0 Å². The van der Waals surface area contributed by atoms with Gasteiger partial charge < -0.3 is 30.7 Å². The maximum absolute atomic E-state index is 12.9. The topological polar surface area (TPSA) is 122 Å². The fourth-order valence-corrected chi connectivity index (χ4v) is 3.72. The van der Waals surface area contributed by atoms with Crippen LogP contribution in [0.1, 0.15) is 18.1 Å². The van der Waals surface area contributed by atoms with Gasteiger partial charge in [-0.3, -0.25) is 4.79 Å². The summed E-state index contributed by atoms with van der Waals surface area (Å²) < 4.78 is 10.5. The lowest BCUT2D eigenvalue weighted by Gasteiger charge is -2.16. The fraction of sp³-hybridized carbons (Fsp3) is 0.214. The van der Waals surface area contributed by atoms with Crippen LogP contribution < -0.4 is 30.7 Å². The summed E-state index contributed by atoms with van der Waals surface area (Å²) in [5.74, 6) is 2.08. The molecule has 1 amide bonds. The first-order chi connectivity index (χ1) is 18.3. The zero-order valence-corrected chi connectivity index (χ0v) is 22.0. The predicted molar refractivity (Wildman–Crippen MR) is 150 cm³/mol. The third kappa shape index (κ3) is 7.10. The number of hydrogen-bond donors (Lipinski definition) is 4. The van der Waals surface area contributed by atoms with E-state index in [-0.39, 0.29) is 11.9 Å². The van der Waals surface area contributed by atoms with Crippen molar-refractivity contribution >= 4 is 40.8 Å². The van der Waals surface area contributed by atoms with Gasteiger partial charge in [0.1, 0.15) is 17.5 Å². The Morgan fingerprint density at radius 1 is 0.684 bits per heavy atom. The first kappa shape index (κ1) is 26.2. The molecule has 38 heavy (non-hydrogen) atoms. The van der Waals surface area contributed by atoms with Gasteiger partial charge in [-0.2, -0.15) is 15.0 Å². The molecule has 0 radical (unpaired) electrons. The predicted octanol–water partition coefficient (Wildman–Crippen LogP) is 5.43. The summed E-state index contributed by atoms with van der Waals surface area (Å²) in [7, 11) is 3.22. The number of carbonyl (C=O) groups excluding carboxylic acids is 1. The third-order valence-electron chi connectivity index (χ3n) is 5.56. The second-order valence-electron chi connectivity index (χ2n) is 8.74. The number of anilines is 6. The zero-order valence-electron chi connectivity index (χ0n) is 22.0. The smallest absolute Gasteiger partial charge is 0.246 e. The van der Waals surface area contributed by atoms with Crippen LogP contribution in [0.2, 0.25) is 0 Å². The molecule has 0 fully saturated rings. The maximum atomic E-state index is 12.9. The second kappa shape index (κ2) is 11.9. The number of amides is 1. The number of hydrogen-bond acceptors (Lipinski definition) is 9. The van der Waals surface area contributed by atoms with Gasteiger partial charge in [-0.15, -0.1) is 0 Å². The molecule has 1 atom stereocenters. The normalized spacial score (nSPS) is 11.3. The van der Waals surface area contributed by atoms with Crippen LogP contribution in [0.4, 0.5) is 34.9 Å². The lowest BCUT2D eigenvalue weighted by molar-refractivity contribution is -0.116. The summed E-state index contributed by atoms with van der Waals surface area (Å²) in [5.41, 5.74) is 4.40. The summed E-state index contributed by atoms with van der Waals surface area (Å²) in [6, 6.07) is 20.0. The number of rotatable bonds is 10. The highest BCUT2D eigenvalue weighted by molar-refractivity contribution is 5.96. The van der Waals surface area contributed by atoms with Crippen molar-refractivity contribution in [1.82, 2.24) is 15.0 Å². The Morgan fingerprint density at radius 3 is 1.58 bits per heavy atom. The molecule has 0 aliphatic carbocycles. The summed E-state index contributed by atoms with van der Waals surface area (Å²) in [6.45, 7) is 5.72. The molecule has 0 aliphatic rings. The van der Waals surface area contributed by atoms with Crippen molar-refractivity contribution in [2.75, 3.05) is 35.5 Å². The molecule has 10 nitrogen and oxygen atoms in total. The van der Waals surface area contributed by atoms with Gasteiger partial charge in [0.15, 0.2) is 0 Å². The van der Waals surface area contributed by atoms with Gasteiger partial charge in [-0.05, 0) is 92.6 Å². The molecule has 1 aromatic heterocycles. The lowest BCUT2D eigenvalue weighted by atomic mass is 10.1. The van der Waals surface area contributed by atoms with Crippen LogP contribution in [0.3, 0.4) is 0 Å². The fourth-order valence-electron chi connectivity index (χ4n) is 3.72. The summed E-state index contributed by atoms with van der Waals surface area (Å²) in [4.78, 5) is 26.4. The minimum absolute atomic E-state index is 0.218. The lowest BCUT2D eigenvalue weighted by Crippen LogP contribution is -2.32. The number of nitrogens with one attached hydrogen (secondary N) is 4. The van der Waals surface area contributed by atoms with E-state index in [1.807, 2.05) is 74.5 Å². The van der Waals surface area contributed by atoms with Gasteiger partial charge in [-0.25, -0.2) is 0 Å². The number of aryl methyl sites for hydroxylation is 2. The molecule has 1 heterocycles. The van der Waals surface area contributed by atoms with Crippen LogP contribution in [0.15, 0.2) is 66.7 Å². The molecule has 0 spiro atoms. The molecular weight excluding hydrogens is 482 g/mol. The molecule has 0 bridgehead atoms. The van der Waals surface area contributed by atoms with Crippen molar-refractivity contribution < 1.29 is 14.3 Å². The van der Waals surface area contributed by atoms with Gasteiger partial charge in [-0.1, -0.05) is 6.07 Å². The van der Waals surface area contributed by atoms with Crippen LogP contribution in [-0.4, -0.2) is 41.1 Å². The Kier molecular flexibility index (Phi) is 8.22. The number of carbonyl (C=O) groups is 1. The number of ether oxygens (including phenoxy) is 2. The molecule has 4 rings (SSSR count). The largest absolute Gasteiger partial charge is 0.497 e. The van der Waals surface area contributed by atoms with Crippen LogP contribution in [0.5, 0.6) is 11.5 Å². The summed E-state index contributed by atoms with van der Waals surface area (Å²) >= 11 is 0. The monoisotopic (exact) mass is 513 g/mol. The van der Waals surface area contributed by atoms with E-state index in [9.17, 15) is 4.79 Å². The summed E-state index contributed by atoms with van der Waals surface area (Å²) in [6.07, 6.45) is 0. The first-order valence-electron chi connectivity index (χ1n) is 12.0. The third-order valence-corrected chi connectivity index (χ3v) is 5.56. The van der Waals surface area contributed by atoms with Crippen molar-refractivity contribution in [2.45, 2.75) is 26.8 Å². The van der Waals surface area contributed by atoms with Crippen molar-refractivity contribution in [3.63, 3.8) is 0 Å². The van der Waals surface area contributed by atoms with E-state index in [1.54, 1.807) is 21.1 Å². The molecule has 3 aromatic carbocycles. The number of aromatic nitrogens is 3. The van der Waals surface area contributed by atoms with Crippen LogP contribution in [0.25, 0.3) is 0 Å². The standard InChI is InChI=1S/C28H31N7O3/c1-17-14-18(2)16-22(15-17)30-25(36)19(3)29-26-33-27(31-20-6-10-23(37-4)11-7-20)35-28(34-26)32-21-8-12-24(38-5)13-9-21/h6-16,19H,1-5H3,(H,30,36)(H3,29,31,32,33,34,35). The molecule has 4 aromatic rings. The van der Waals surface area contributed by atoms with E-state index in [0.717, 1.165) is 39.7 Å². The Labute approximate surface area is 221 Å². The molecule has 4 N–H and O–H groups in total. The Bertz CT molecular complexity index is 1300. The average molecular weight is 514 g/mol. The van der Waals surface area contributed by atoms with Gasteiger partial charge in [0.2, 0.25) is 23.8 Å². The molecule has 1 unspecified atom stereocenters. The molecule has 0 aliphatic heterocycles. The average Bonchev–Trinajstić information content (AvgIpc) is 2.89. The summed E-state index contributed by atoms with van der Waals surface area (Å²) in [5, 5.41) is 12.4.